The molecule has 1 fully saturated rings. The van der Waals surface area contributed by atoms with Crippen LogP contribution in [0.3, 0.4) is 0 Å². The first kappa shape index (κ1) is 19.2. The highest BCUT2D eigenvalue weighted by Crippen LogP contribution is 2.23. The van der Waals surface area contributed by atoms with Gasteiger partial charge in [0.2, 0.25) is 0 Å². The summed E-state index contributed by atoms with van der Waals surface area (Å²) in [4.78, 5) is 38.1. The van der Waals surface area contributed by atoms with Crippen molar-refractivity contribution in [1.82, 2.24) is 15.1 Å². The average Bonchev–Trinajstić information content (AvgIpc) is 2.67. The molecule has 0 unspecified atom stereocenters. The molecule has 3 amide bonds. The second-order valence-electron chi connectivity index (χ2n) is 6.34. The first-order chi connectivity index (χ1) is 12.4. The quantitative estimate of drug-likeness (QED) is 0.612. The molecule has 0 saturated carbocycles. The van der Waals surface area contributed by atoms with E-state index < -0.39 is 18.0 Å². The second kappa shape index (κ2) is 8.85. The average molecular weight is 358 g/mol. The highest BCUT2D eigenvalue weighted by atomic mass is 16.4. The third-order valence-corrected chi connectivity index (χ3v) is 4.57. The van der Waals surface area contributed by atoms with E-state index >= 15 is 0 Å². The molecule has 1 aromatic rings. The van der Waals surface area contributed by atoms with Crippen molar-refractivity contribution in [2.75, 3.05) is 20.1 Å². The number of benzene rings is 1. The number of amides is 3. The van der Waals surface area contributed by atoms with Gasteiger partial charge in [-0.05, 0) is 37.3 Å². The molecule has 8 heteroatoms. The van der Waals surface area contributed by atoms with Crippen LogP contribution < -0.4 is 5.32 Å². The lowest BCUT2D eigenvalue weighted by Gasteiger charge is -2.32. The van der Waals surface area contributed by atoms with E-state index in [-0.39, 0.29) is 11.8 Å². The van der Waals surface area contributed by atoms with Gasteiger partial charge in [-0.25, -0.2) is 4.79 Å². The minimum absolute atomic E-state index is 0.0997. The van der Waals surface area contributed by atoms with Crippen LogP contribution in [0, 0.1) is 17.4 Å². The van der Waals surface area contributed by atoms with Gasteiger partial charge in [0, 0.05) is 25.7 Å². The third-order valence-electron chi connectivity index (χ3n) is 4.57. The lowest BCUT2D eigenvalue weighted by Crippen LogP contribution is -2.48. The zero-order valence-electron chi connectivity index (χ0n) is 14.6. The summed E-state index contributed by atoms with van der Waals surface area (Å²) in [6.45, 7) is 0.809. The van der Waals surface area contributed by atoms with E-state index in [2.05, 4.69) is 5.32 Å². The molecule has 1 aliphatic rings. The van der Waals surface area contributed by atoms with Crippen LogP contribution >= 0.6 is 0 Å². The molecule has 1 atom stereocenters. The Morgan fingerprint density at radius 2 is 1.92 bits per heavy atom. The number of piperidine rings is 1. The molecule has 0 radical (unpaired) electrons. The van der Waals surface area contributed by atoms with Crippen LogP contribution in [-0.2, 0) is 4.79 Å². The number of likely N-dealkylation sites (tertiary alicyclic amines) is 1. The molecule has 138 valence electrons. The maximum absolute atomic E-state index is 12.5. The fourth-order valence-electron chi connectivity index (χ4n) is 3.03. The number of carbonyl (C=O) groups excluding carboxylic acids is 2. The highest BCUT2D eigenvalue weighted by Gasteiger charge is 2.30. The Hall–Kier alpha value is -3.08. The maximum atomic E-state index is 12.5. The van der Waals surface area contributed by atoms with Crippen molar-refractivity contribution in [3.63, 3.8) is 0 Å². The Morgan fingerprint density at radius 1 is 1.31 bits per heavy atom. The molecule has 0 aliphatic carbocycles. The minimum Gasteiger partial charge on any atom is -0.465 e. The lowest BCUT2D eigenvalue weighted by molar-refractivity contribution is -0.129. The number of hydrogen-bond acceptors (Lipinski definition) is 4. The molecule has 0 spiro atoms. The standard InChI is InChI=1S/C18H22N4O4/c1-21(12-19)17(24)15(20-16(23)14-5-3-2-4-6-14)11-13-7-9-22(10-8-13)18(25)26/h2-6,13,15H,7-11H2,1H3,(H,20,23)(H,25,26)/t15-/m0/s1. The van der Waals surface area contributed by atoms with Crippen molar-refractivity contribution in [2.45, 2.75) is 25.3 Å². The van der Waals surface area contributed by atoms with Gasteiger partial charge in [-0.3, -0.25) is 14.5 Å². The number of hydrogen-bond donors (Lipinski definition) is 2. The largest absolute Gasteiger partial charge is 0.465 e. The van der Waals surface area contributed by atoms with E-state index in [1.165, 1.54) is 11.9 Å². The van der Waals surface area contributed by atoms with E-state index in [0.717, 1.165) is 4.90 Å². The SMILES string of the molecule is CN(C#N)C(=O)[C@H](CC1CCN(C(=O)O)CC1)NC(=O)c1ccccc1. The number of nitrogens with one attached hydrogen (secondary N) is 1. The van der Waals surface area contributed by atoms with Gasteiger partial charge < -0.3 is 15.3 Å². The molecule has 0 aromatic heterocycles. The van der Waals surface area contributed by atoms with Crippen LogP contribution in [0.2, 0.25) is 0 Å². The summed E-state index contributed by atoms with van der Waals surface area (Å²) in [7, 11) is 1.36. The summed E-state index contributed by atoms with van der Waals surface area (Å²) >= 11 is 0. The Bertz CT molecular complexity index is 693. The summed E-state index contributed by atoms with van der Waals surface area (Å²) in [6.07, 6.45) is 2.43. The predicted octanol–water partition coefficient (Wildman–Crippen LogP) is 1.50. The van der Waals surface area contributed by atoms with E-state index in [1.54, 1.807) is 36.5 Å². The number of rotatable bonds is 5. The molecular weight excluding hydrogens is 336 g/mol. The monoisotopic (exact) mass is 358 g/mol. The second-order valence-corrected chi connectivity index (χ2v) is 6.34. The van der Waals surface area contributed by atoms with Gasteiger partial charge in [0.15, 0.2) is 6.19 Å². The zero-order chi connectivity index (χ0) is 19.1. The molecule has 1 aliphatic heterocycles. The molecule has 1 saturated heterocycles. The van der Waals surface area contributed by atoms with E-state index in [4.69, 9.17) is 10.4 Å². The molecule has 2 N–H and O–H groups in total. The first-order valence-corrected chi connectivity index (χ1v) is 8.43. The molecule has 26 heavy (non-hydrogen) atoms. The summed E-state index contributed by atoms with van der Waals surface area (Å²) in [5.41, 5.74) is 0.436. The van der Waals surface area contributed by atoms with Crippen molar-refractivity contribution in [1.29, 1.82) is 5.26 Å². The predicted molar refractivity (Wildman–Crippen MR) is 93.0 cm³/mol. The molecule has 1 aromatic carbocycles. The normalized spacial score (nSPS) is 15.6. The molecule has 0 bridgehead atoms. The molecule has 2 rings (SSSR count). The Balaban J connectivity index is 2.05. The van der Waals surface area contributed by atoms with Crippen molar-refractivity contribution in [3.8, 4) is 6.19 Å². The van der Waals surface area contributed by atoms with Crippen LogP contribution in [0.4, 0.5) is 4.79 Å². The van der Waals surface area contributed by atoms with Crippen molar-refractivity contribution in [2.24, 2.45) is 5.92 Å². The maximum Gasteiger partial charge on any atom is 0.407 e. The van der Waals surface area contributed by atoms with E-state index in [0.29, 0.717) is 37.9 Å². The summed E-state index contributed by atoms with van der Waals surface area (Å²) < 4.78 is 0. The van der Waals surface area contributed by atoms with Gasteiger partial charge in [0.25, 0.3) is 11.8 Å². The van der Waals surface area contributed by atoms with E-state index in [9.17, 15) is 14.4 Å². The number of nitrogens with zero attached hydrogens (tertiary/aromatic N) is 3. The Kier molecular flexibility index (Phi) is 6.55. The molecule has 1 heterocycles. The van der Waals surface area contributed by atoms with Crippen LogP contribution in [0.5, 0.6) is 0 Å². The number of carboxylic acid groups (broad SMARTS) is 1. The van der Waals surface area contributed by atoms with Crippen LogP contribution in [-0.4, -0.2) is 59.0 Å². The smallest absolute Gasteiger partial charge is 0.407 e. The van der Waals surface area contributed by atoms with Gasteiger partial charge in [0.1, 0.15) is 6.04 Å². The van der Waals surface area contributed by atoms with Gasteiger partial charge in [-0.2, -0.15) is 5.26 Å². The Morgan fingerprint density at radius 3 is 2.46 bits per heavy atom. The molecule has 8 nitrogen and oxygen atoms in total. The minimum atomic E-state index is -0.947. The molecular formula is C18H22N4O4. The van der Waals surface area contributed by atoms with Crippen LogP contribution in [0.15, 0.2) is 30.3 Å². The van der Waals surface area contributed by atoms with Crippen molar-refractivity contribution < 1.29 is 19.5 Å². The topological polar surface area (TPSA) is 114 Å². The van der Waals surface area contributed by atoms with Gasteiger partial charge in [-0.1, -0.05) is 18.2 Å². The van der Waals surface area contributed by atoms with Gasteiger partial charge >= 0.3 is 6.09 Å². The van der Waals surface area contributed by atoms with E-state index in [1.807, 2.05) is 0 Å². The third kappa shape index (κ3) is 4.96. The van der Waals surface area contributed by atoms with Crippen molar-refractivity contribution >= 4 is 17.9 Å². The Labute approximate surface area is 152 Å². The summed E-state index contributed by atoms with van der Waals surface area (Å²) in [6, 6.07) is 7.73. The fourth-order valence-corrected chi connectivity index (χ4v) is 3.03. The van der Waals surface area contributed by atoms with Crippen LogP contribution in [0.1, 0.15) is 29.6 Å². The van der Waals surface area contributed by atoms with Crippen LogP contribution in [0.25, 0.3) is 0 Å². The number of likely N-dealkylation sites (N-methyl/N-ethyl adjacent to an activating group) is 1. The van der Waals surface area contributed by atoms with Gasteiger partial charge in [-0.15, -0.1) is 0 Å². The summed E-state index contributed by atoms with van der Waals surface area (Å²) in [5, 5.41) is 20.7. The first-order valence-electron chi connectivity index (χ1n) is 8.43. The zero-order valence-corrected chi connectivity index (χ0v) is 14.6. The summed E-state index contributed by atoms with van der Waals surface area (Å²) in [5.74, 6) is -0.751. The van der Waals surface area contributed by atoms with Crippen molar-refractivity contribution in [3.05, 3.63) is 35.9 Å². The van der Waals surface area contributed by atoms with Gasteiger partial charge in [0.05, 0.1) is 0 Å². The number of nitriles is 1. The fraction of sp³-hybridized carbons (Fsp3) is 0.444. The highest BCUT2D eigenvalue weighted by molar-refractivity contribution is 5.97. The number of carbonyl (C=O) groups is 3. The lowest BCUT2D eigenvalue weighted by atomic mass is 9.89.